The Morgan fingerprint density at radius 1 is 1.13 bits per heavy atom. The van der Waals surface area contributed by atoms with Gasteiger partial charge in [0.15, 0.2) is 9.84 Å². The van der Waals surface area contributed by atoms with E-state index in [-0.39, 0.29) is 35.0 Å². The predicted molar refractivity (Wildman–Crippen MR) is 89.2 cm³/mol. The standard InChI is InChI=1S/C15H16N2O4S2/c16-14(19)12-8-9-22-15(12)17-13(18)7-4-10-23(20,21)11-5-2-1-3-6-11/h1-3,5-6,8-9H,4,7,10H2,(H2,16,19)(H,17,18). The summed E-state index contributed by atoms with van der Waals surface area (Å²) in [6, 6.07) is 9.64. The molecule has 0 aliphatic heterocycles. The van der Waals surface area contributed by atoms with Crippen molar-refractivity contribution in [2.45, 2.75) is 17.7 Å². The molecule has 0 unspecified atom stereocenters. The van der Waals surface area contributed by atoms with Gasteiger partial charge in [-0.05, 0) is 30.0 Å². The van der Waals surface area contributed by atoms with Gasteiger partial charge in [0.2, 0.25) is 5.91 Å². The first kappa shape index (κ1) is 17.2. The summed E-state index contributed by atoms with van der Waals surface area (Å²) in [6.45, 7) is 0. The molecule has 2 rings (SSSR count). The van der Waals surface area contributed by atoms with Crippen LogP contribution in [0, 0.1) is 0 Å². The number of primary amides is 1. The van der Waals surface area contributed by atoms with Gasteiger partial charge in [-0.3, -0.25) is 9.59 Å². The maximum Gasteiger partial charge on any atom is 0.251 e. The van der Waals surface area contributed by atoms with E-state index in [2.05, 4.69) is 5.32 Å². The molecular weight excluding hydrogens is 336 g/mol. The third kappa shape index (κ3) is 4.64. The summed E-state index contributed by atoms with van der Waals surface area (Å²) < 4.78 is 24.2. The fraction of sp³-hybridized carbons (Fsp3) is 0.200. The lowest BCUT2D eigenvalue weighted by Gasteiger charge is -2.06. The van der Waals surface area contributed by atoms with Crippen LogP contribution in [0.15, 0.2) is 46.7 Å². The number of nitrogens with two attached hydrogens (primary N) is 1. The van der Waals surface area contributed by atoms with E-state index in [1.54, 1.807) is 23.6 Å². The number of amides is 2. The molecule has 0 radical (unpaired) electrons. The van der Waals surface area contributed by atoms with Gasteiger partial charge in [-0.1, -0.05) is 18.2 Å². The SMILES string of the molecule is NC(=O)c1ccsc1NC(=O)CCCS(=O)(=O)c1ccccc1. The average molecular weight is 352 g/mol. The van der Waals surface area contributed by atoms with Gasteiger partial charge in [-0.2, -0.15) is 0 Å². The first-order valence-corrected chi connectivity index (χ1v) is 9.38. The largest absolute Gasteiger partial charge is 0.366 e. The maximum absolute atomic E-state index is 12.1. The normalized spacial score (nSPS) is 11.1. The van der Waals surface area contributed by atoms with Crippen LogP contribution in [-0.2, 0) is 14.6 Å². The Morgan fingerprint density at radius 2 is 1.83 bits per heavy atom. The summed E-state index contributed by atoms with van der Waals surface area (Å²) in [7, 11) is -3.39. The number of rotatable bonds is 7. The van der Waals surface area contributed by atoms with E-state index in [0.29, 0.717) is 5.00 Å². The quantitative estimate of drug-likeness (QED) is 0.795. The minimum absolute atomic E-state index is 0.0438. The van der Waals surface area contributed by atoms with E-state index in [9.17, 15) is 18.0 Å². The Morgan fingerprint density at radius 3 is 2.48 bits per heavy atom. The van der Waals surface area contributed by atoms with E-state index in [0.717, 1.165) is 0 Å². The van der Waals surface area contributed by atoms with E-state index in [1.165, 1.54) is 29.5 Å². The summed E-state index contributed by atoms with van der Waals surface area (Å²) in [4.78, 5) is 23.3. The highest BCUT2D eigenvalue weighted by atomic mass is 32.2. The van der Waals surface area contributed by atoms with Crippen molar-refractivity contribution in [1.29, 1.82) is 0 Å². The Bertz CT molecular complexity index is 798. The molecule has 0 bridgehead atoms. The van der Waals surface area contributed by atoms with Gasteiger partial charge in [-0.25, -0.2) is 8.42 Å². The lowest BCUT2D eigenvalue weighted by Crippen LogP contribution is -2.17. The number of sulfone groups is 1. The second kappa shape index (κ2) is 7.38. The Kier molecular flexibility index (Phi) is 5.51. The number of anilines is 1. The molecule has 1 aromatic heterocycles. The molecule has 1 aromatic carbocycles. The third-order valence-electron chi connectivity index (χ3n) is 3.10. The number of hydrogen-bond donors (Lipinski definition) is 2. The summed E-state index contributed by atoms with van der Waals surface area (Å²) in [6.07, 6.45) is 0.239. The smallest absolute Gasteiger partial charge is 0.251 e. The summed E-state index contributed by atoms with van der Waals surface area (Å²) >= 11 is 1.19. The Balaban J connectivity index is 1.88. The summed E-state index contributed by atoms with van der Waals surface area (Å²) in [5, 5.41) is 4.61. The number of carbonyl (C=O) groups is 2. The molecule has 122 valence electrons. The molecule has 2 amide bonds. The van der Waals surface area contributed by atoms with E-state index in [1.807, 2.05) is 0 Å². The van der Waals surface area contributed by atoms with Gasteiger partial charge in [-0.15, -0.1) is 11.3 Å². The van der Waals surface area contributed by atoms with E-state index >= 15 is 0 Å². The van der Waals surface area contributed by atoms with Gasteiger partial charge in [0.25, 0.3) is 5.91 Å². The highest BCUT2D eigenvalue weighted by molar-refractivity contribution is 7.91. The first-order valence-electron chi connectivity index (χ1n) is 6.85. The molecule has 0 aliphatic rings. The van der Waals surface area contributed by atoms with Crippen LogP contribution in [0.25, 0.3) is 0 Å². The lowest BCUT2D eigenvalue weighted by atomic mass is 10.3. The zero-order valence-electron chi connectivity index (χ0n) is 12.2. The molecule has 6 nitrogen and oxygen atoms in total. The van der Waals surface area contributed by atoms with Crippen molar-refractivity contribution in [3.63, 3.8) is 0 Å². The van der Waals surface area contributed by atoms with Gasteiger partial charge >= 0.3 is 0 Å². The first-order chi connectivity index (χ1) is 10.9. The number of benzene rings is 1. The van der Waals surface area contributed by atoms with E-state index in [4.69, 9.17) is 5.73 Å². The van der Waals surface area contributed by atoms with E-state index < -0.39 is 15.7 Å². The van der Waals surface area contributed by atoms with Crippen molar-refractivity contribution in [2.24, 2.45) is 5.73 Å². The minimum atomic E-state index is -3.39. The molecule has 0 saturated carbocycles. The monoisotopic (exact) mass is 352 g/mol. The average Bonchev–Trinajstić information content (AvgIpc) is 2.96. The molecule has 0 spiro atoms. The molecule has 23 heavy (non-hydrogen) atoms. The molecule has 0 atom stereocenters. The van der Waals surface area contributed by atoms with Crippen LogP contribution < -0.4 is 11.1 Å². The second-order valence-electron chi connectivity index (χ2n) is 4.81. The third-order valence-corrected chi connectivity index (χ3v) is 5.75. The van der Waals surface area contributed by atoms with Crippen LogP contribution >= 0.6 is 11.3 Å². The van der Waals surface area contributed by atoms with Crippen LogP contribution in [0.2, 0.25) is 0 Å². The molecule has 0 saturated heterocycles. The topological polar surface area (TPSA) is 106 Å². The number of nitrogens with one attached hydrogen (secondary N) is 1. The van der Waals surface area contributed by atoms with Crippen LogP contribution in [0.5, 0.6) is 0 Å². The predicted octanol–water partition coefficient (Wildman–Crippen LogP) is 2.04. The number of thiophene rings is 1. The molecule has 2 aromatic rings. The van der Waals surface area contributed by atoms with Gasteiger partial charge < -0.3 is 11.1 Å². The van der Waals surface area contributed by atoms with Crippen molar-refractivity contribution in [3.8, 4) is 0 Å². The highest BCUT2D eigenvalue weighted by Crippen LogP contribution is 2.23. The van der Waals surface area contributed by atoms with Crippen molar-refractivity contribution in [1.82, 2.24) is 0 Å². The Hall–Kier alpha value is -2.19. The van der Waals surface area contributed by atoms with Crippen LogP contribution in [0.3, 0.4) is 0 Å². The second-order valence-corrected chi connectivity index (χ2v) is 7.84. The summed E-state index contributed by atoms with van der Waals surface area (Å²) in [5.41, 5.74) is 5.44. The van der Waals surface area contributed by atoms with Gasteiger partial charge in [0.1, 0.15) is 5.00 Å². The maximum atomic E-state index is 12.1. The Labute approximate surface area is 138 Å². The molecular formula is C15H16N2O4S2. The van der Waals surface area contributed by atoms with Crippen molar-refractivity contribution in [2.75, 3.05) is 11.1 Å². The molecule has 1 heterocycles. The van der Waals surface area contributed by atoms with Gasteiger partial charge in [0.05, 0.1) is 16.2 Å². The van der Waals surface area contributed by atoms with Crippen LogP contribution in [0.1, 0.15) is 23.2 Å². The van der Waals surface area contributed by atoms with Gasteiger partial charge in [0, 0.05) is 6.42 Å². The summed E-state index contributed by atoms with van der Waals surface area (Å²) in [5.74, 6) is -1.08. The zero-order valence-corrected chi connectivity index (χ0v) is 13.8. The minimum Gasteiger partial charge on any atom is -0.366 e. The van der Waals surface area contributed by atoms with Crippen molar-refractivity contribution >= 4 is 38.0 Å². The molecule has 0 fully saturated rings. The van der Waals surface area contributed by atoms with Crippen LogP contribution in [0.4, 0.5) is 5.00 Å². The molecule has 0 aliphatic carbocycles. The van der Waals surface area contributed by atoms with Crippen molar-refractivity contribution < 1.29 is 18.0 Å². The zero-order chi connectivity index (χ0) is 16.9. The number of carbonyl (C=O) groups excluding carboxylic acids is 2. The van der Waals surface area contributed by atoms with Crippen LogP contribution in [-0.4, -0.2) is 26.0 Å². The number of hydrogen-bond acceptors (Lipinski definition) is 5. The fourth-order valence-electron chi connectivity index (χ4n) is 1.96. The molecule has 8 heteroatoms. The molecule has 3 N–H and O–H groups in total. The highest BCUT2D eigenvalue weighted by Gasteiger charge is 2.16. The fourth-order valence-corrected chi connectivity index (χ4v) is 4.10. The van der Waals surface area contributed by atoms with Crippen molar-refractivity contribution in [3.05, 3.63) is 47.3 Å². The lowest BCUT2D eigenvalue weighted by molar-refractivity contribution is -0.116.